The van der Waals surface area contributed by atoms with Crippen LogP contribution in [0.1, 0.15) is 24.2 Å². The van der Waals surface area contributed by atoms with Crippen molar-refractivity contribution in [1.29, 1.82) is 0 Å². The zero-order valence-electron chi connectivity index (χ0n) is 8.67. The fourth-order valence-electron chi connectivity index (χ4n) is 1.39. The van der Waals surface area contributed by atoms with E-state index in [0.29, 0.717) is 5.82 Å². The predicted octanol–water partition coefficient (Wildman–Crippen LogP) is 1.50. The molecule has 4 heteroatoms. The molecule has 0 amide bonds. The molecule has 0 bridgehead atoms. The molecule has 0 aromatic carbocycles. The van der Waals surface area contributed by atoms with Crippen molar-refractivity contribution in [2.45, 2.75) is 26.7 Å². The molecule has 1 aliphatic rings. The van der Waals surface area contributed by atoms with Crippen molar-refractivity contribution >= 4 is 11.6 Å². The second-order valence-electron chi connectivity index (χ2n) is 3.95. The highest BCUT2D eigenvalue weighted by atomic mass is 15.1. The Hall–Kier alpha value is -1.32. The molecule has 0 aliphatic heterocycles. The summed E-state index contributed by atoms with van der Waals surface area (Å²) in [7, 11) is 0. The second kappa shape index (κ2) is 3.44. The first kappa shape index (κ1) is 9.24. The maximum Gasteiger partial charge on any atom is 0.134 e. The number of nitrogens with zero attached hydrogens (tertiary/aromatic N) is 2. The van der Waals surface area contributed by atoms with Crippen LogP contribution in [0, 0.1) is 19.8 Å². The molecule has 1 heterocycles. The van der Waals surface area contributed by atoms with Crippen molar-refractivity contribution < 1.29 is 0 Å². The minimum absolute atomic E-state index is 0.579. The summed E-state index contributed by atoms with van der Waals surface area (Å²) in [4.78, 5) is 8.43. The molecule has 1 aromatic rings. The molecule has 4 nitrogen and oxygen atoms in total. The van der Waals surface area contributed by atoms with Crippen molar-refractivity contribution in [2.75, 3.05) is 17.6 Å². The number of aromatic nitrogens is 2. The van der Waals surface area contributed by atoms with Gasteiger partial charge in [0, 0.05) is 12.1 Å². The molecule has 0 saturated heterocycles. The highest BCUT2D eigenvalue weighted by molar-refractivity contribution is 5.54. The minimum Gasteiger partial charge on any atom is -0.383 e. The van der Waals surface area contributed by atoms with E-state index in [4.69, 9.17) is 5.73 Å². The molecule has 3 N–H and O–H groups in total. The summed E-state index contributed by atoms with van der Waals surface area (Å²) in [6.45, 7) is 4.82. The highest BCUT2D eigenvalue weighted by Gasteiger charge is 2.21. The molecule has 0 radical (unpaired) electrons. The van der Waals surface area contributed by atoms with Crippen LogP contribution in [0.3, 0.4) is 0 Å². The zero-order chi connectivity index (χ0) is 10.1. The van der Waals surface area contributed by atoms with E-state index < -0.39 is 0 Å². The van der Waals surface area contributed by atoms with Gasteiger partial charge >= 0.3 is 0 Å². The highest BCUT2D eigenvalue weighted by Crippen LogP contribution is 2.29. The lowest BCUT2D eigenvalue weighted by Crippen LogP contribution is -2.10. The predicted molar refractivity (Wildman–Crippen MR) is 57.1 cm³/mol. The number of rotatable bonds is 3. The summed E-state index contributed by atoms with van der Waals surface area (Å²) in [5, 5.41) is 3.33. The number of nitrogens with two attached hydrogens (primary N) is 1. The van der Waals surface area contributed by atoms with Crippen molar-refractivity contribution in [1.82, 2.24) is 9.97 Å². The summed E-state index contributed by atoms with van der Waals surface area (Å²) in [5.41, 5.74) is 6.71. The monoisotopic (exact) mass is 192 g/mol. The second-order valence-corrected chi connectivity index (χ2v) is 3.95. The fraction of sp³-hybridized carbons (Fsp3) is 0.600. The molecule has 0 spiro atoms. The first-order valence-corrected chi connectivity index (χ1v) is 5.01. The Kier molecular flexibility index (Phi) is 2.27. The van der Waals surface area contributed by atoms with Gasteiger partial charge in [0.25, 0.3) is 0 Å². The SMILES string of the molecule is Cc1nc(N)c(C)c(NCC2CC2)n1. The van der Waals surface area contributed by atoms with Gasteiger partial charge in [0.05, 0.1) is 0 Å². The molecular weight excluding hydrogens is 176 g/mol. The van der Waals surface area contributed by atoms with E-state index in [1.807, 2.05) is 13.8 Å². The Bertz CT molecular complexity index is 344. The van der Waals surface area contributed by atoms with Crippen LogP contribution in [0.5, 0.6) is 0 Å². The van der Waals surface area contributed by atoms with E-state index in [-0.39, 0.29) is 0 Å². The van der Waals surface area contributed by atoms with E-state index in [9.17, 15) is 0 Å². The van der Waals surface area contributed by atoms with E-state index in [1.165, 1.54) is 12.8 Å². The molecule has 0 atom stereocenters. The lowest BCUT2D eigenvalue weighted by atomic mass is 10.3. The van der Waals surface area contributed by atoms with Crippen LogP contribution in [0.4, 0.5) is 11.6 Å². The van der Waals surface area contributed by atoms with Gasteiger partial charge in [-0.1, -0.05) is 0 Å². The van der Waals surface area contributed by atoms with Gasteiger partial charge in [-0.15, -0.1) is 0 Å². The summed E-state index contributed by atoms with van der Waals surface area (Å²) in [5.74, 6) is 3.04. The van der Waals surface area contributed by atoms with E-state index in [0.717, 1.165) is 29.7 Å². The van der Waals surface area contributed by atoms with Gasteiger partial charge in [0.2, 0.25) is 0 Å². The van der Waals surface area contributed by atoms with Crippen molar-refractivity contribution in [2.24, 2.45) is 5.92 Å². The third-order valence-corrected chi connectivity index (χ3v) is 2.55. The number of nitrogen functional groups attached to an aromatic ring is 1. The van der Waals surface area contributed by atoms with Crippen LogP contribution < -0.4 is 11.1 Å². The maximum absolute atomic E-state index is 5.75. The number of anilines is 2. The summed E-state index contributed by atoms with van der Waals surface area (Å²) >= 11 is 0. The number of hydrogen-bond acceptors (Lipinski definition) is 4. The third kappa shape index (κ3) is 1.95. The molecule has 76 valence electrons. The molecular formula is C10H16N4. The minimum atomic E-state index is 0.579. The lowest BCUT2D eigenvalue weighted by molar-refractivity contribution is 0.875. The van der Waals surface area contributed by atoms with Gasteiger partial charge in [-0.05, 0) is 32.6 Å². The summed E-state index contributed by atoms with van der Waals surface area (Å²) < 4.78 is 0. The number of aryl methyl sites for hydroxylation is 1. The smallest absolute Gasteiger partial charge is 0.134 e. The van der Waals surface area contributed by atoms with E-state index in [1.54, 1.807) is 0 Å². The van der Waals surface area contributed by atoms with Crippen LogP contribution in [0.25, 0.3) is 0 Å². The average molecular weight is 192 g/mol. The van der Waals surface area contributed by atoms with Crippen LogP contribution in [-0.2, 0) is 0 Å². The van der Waals surface area contributed by atoms with Gasteiger partial charge in [0.1, 0.15) is 17.5 Å². The first-order valence-electron chi connectivity index (χ1n) is 5.01. The molecule has 1 fully saturated rings. The summed E-state index contributed by atoms with van der Waals surface area (Å²) in [6.07, 6.45) is 2.68. The van der Waals surface area contributed by atoms with E-state index >= 15 is 0 Å². The topological polar surface area (TPSA) is 63.8 Å². The molecule has 1 saturated carbocycles. The molecule has 1 aliphatic carbocycles. The molecule has 0 unspecified atom stereocenters. The Morgan fingerprint density at radius 1 is 1.36 bits per heavy atom. The van der Waals surface area contributed by atoms with Crippen LogP contribution in [-0.4, -0.2) is 16.5 Å². The molecule has 14 heavy (non-hydrogen) atoms. The van der Waals surface area contributed by atoms with Gasteiger partial charge in [0.15, 0.2) is 0 Å². The Morgan fingerprint density at radius 2 is 2.07 bits per heavy atom. The standard InChI is InChI=1S/C10H16N4/c1-6-9(11)13-7(2)14-10(6)12-5-8-3-4-8/h8H,3-5H2,1-2H3,(H3,11,12,13,14). The maximum atomic E-state index is 5.75. The van der Waals surface area contributed by atoms with Crippen LogP contribution in [0.2, 0.25) is 0 Å². The van der Waals surface area contributed by atoms with Crippen molar-refractivity contribution in [3.63, 3.8) is 0 Å². The Morgan fingerprint density at radius 3 is 2.71 bits per heavy atom. The van der Waals surface area contributed by atoms with Crippen molar-refractivity contribution in [3.05, 3.63) is 11.4 Å². The van der Waals surface area contributed by atoms with Crippen molar-refractivity contribution in [3.8, 4) is 0 Å². The van der Waals surface area contributed by atoms with Crippen LogP contribution >= 0.6 is 0 Å². The number of hydrogen-bond donors (Lipinski definition) is 2. The third-order valence-electron chi connectivity index (χ3n) is 2.55. The largest absolute Gasteiger partial charge is 0.383 e. The zero-order valence-corrected chi connectivity index (χ0v) is 8.67. The number of nitrogens with one attached hydrogen (secondary N) is 1. The summed E-state index contributed by atoms with van der Waals surface area (Å²) in [6, 6.07) is 0. The lowest BCUT2D eigenvalue weighted by Gasteiger charge is -2.09. The van der Waals surface area contributed by atoms with Crippen LogP contribution in [0.15, 0.2) is 0 Å². The first-order chi connectivity index (χ1) is 6.66. The van der Waals surface area contributed by atoms with Gasteiger partial charge in [-0.2, -0.15) is 0 Å². The van der Waals surface area contributed by atoms with E-state index in [2.05, 4.69) is 15.3 Å². The van der Waals surface area contributed by atoms with Gasteiger partial charge in [-0.25, -0.2) is 9.97 Å². The van der Waals surface area contributed by atoms with Gasteiger partial charge < -0.3 is 11.1 Å². The Balaban J connectivity index is 2.13. The normalized spacial score (nSPS) is 15.6. The average Bonchev–Trinajstić information content (AvgIpc) is 2.92. The fourth-order valence-corrected chi connectivity index (χ4v) is 1.39. The quantitative estimate of drug-likeness (QED) is 0.761. The molecule has 2 rings (SSSR count). The Labute approximate surface area is 83.9 Å². The molecule has 1 aromatic heterocycles. The van der Waals surface area contributed by atoms with Gasteiger partial charge in [-0.3, -0.25) is 0 Å².